The van der Waals surface area contributed by atoms with E-state index in [1.807, 2.05) is 39.8 Å². The van der Waals surface area contributed by atoms with E-state index in [1.54, 1.807) is 17.2 Å². The minimum Gasteiger partial charge on any atom is -0.489 e. The van der Waals surface area contributed by atoms with Crippen molar-refractivity contribution < 1.29 is 14.3 Å². The lowest BCUT2D eigenvalue weighted by Crippen LogP contribution is -2.43. The van der Waals surface area contributed by atoms with Gasteiger partial charge in [0.2, 0.25) is 0 Å². The van der Waals surface area contributed by atoms with Gasteiger partial charge in [0, 0.05) is 31.6 Å². The van der Waals surface area contributed by atoms with E-state index in [0.29, 0.717) is 18.8 Å². The lowest BCUT2D eigenvalue weighted by molar-refractivity contribution is 0.00552. The van der Waals surface area contributed by atoms with Crippen LogP contribution in [0.15, 0.2) is 53.9 Å². The first-order valence-electron chi connectivity index (χ1n) is 9.76. The number of carbonyl (C=O) groups excluding carboxylic acids is 1. The molecule has 0 aliphatic carbocycles. The Morgan fingerprint density at radius 3 is 2.54 bits per heavy atom. The maximum absolute atomic E-state index is 12.2. The molecular formula is C23H32N2O3. The second-order valence-corrected chi connectivity index (χ2v) is 8.10. The van der Waals surface area contributed by atoms with Crippen LogP contribution in [0, 0.1) is 6.92 Å². The molecule has 0 bridgehead atoms. The number of rotatable bonds is 5. The number of allylic oxidation sites excluding steroid dienone is 1. The predicted octanol–water partition coefficient (Wildman–Crippen LogP) is 5.25. The normalized spacial score (nSPS) is 16.7. The number of ether oxygens (including phenoxy) is 2. The first-order chi connectivity index (χ1) is 13.2. The average Bonchev–Trinajstić information content (AvgIpc) is 2.64. The van der Waals surface area contributed by atoms with Gasteiger partial charge in [-0.25, -0.2) is 4.79 Å². The highest BCUT2D eigenvalue weighted by Crippen LogP contribution is 2.20. The van der Waals surface area contributed by atoms with Crippen LogP contribution in [0.2, 0.25) is 0 Å². The van der Waals surface area contributed by atoms with Gasteiger partial charge in [-0.3, -0.25) is 4.99 Å². The molecule has 5 nitrogen and oxygen atoms in total. The monoisotopic (exact) mass is 384 g/mol. The Kier molecular flexibility index (Phi) is 7.44. The summed E-state index contributed by atoms with van der Waals surface area (Å²) in [6.45, 7) is 14.7. The standard InChI is InChI=1S/C23H32N2O3/c1-7-20(16-24-18(3)19-10-8-9-17(2)15-19)27-21-11-13-25(14-12-21)22(26)28-23(4,5)6/h7-10,15-16,21H,1,11-14H2,2-6H3/b20-16+,24-18?. The number of carbonyl (C=O) groups is 1. The molecule has 28 heavy (non-hydrogen) atoms. The van der Waals surface area contributed by atoms with Crippen molar-refractivity contribution in [2.24, 2.45) is 4.99 Å². The van der Waals surface area contributed by atoms with E-state index in [0.717, 1.165) is 24.1 Å². The van der Waals surface area contributed by atoms with Crippen LogP contribution in [-0.4, -0.2) is 41.5 Å². The lowest BCUT2D eigenvalue weighted by atomic mass is 10.1. The van der Waals surface area contributed by atoms with E-state index in [4.69, 9.17) is 9.47 Å². The SMILES string of the molecule is C=C/C(=C\N=C(C)c1cccc(C)c1)OC1CCN(C(=O)OC(C)(C)C)CC1. The highest BCUT2D eigenvalue weighted by Gasteiger charge is 2.27. The van der Waals surface area contributed by atoms with Crippen LogP contribution >= 0.6 is 0 Å². The number of hydrogen-bond donors (Lipinski definition) is 0. The summed E-state index contributed by atoms with van der Waals surface area (Å²) in [5.41, 5.74) is 2.74. The van der Waals surface area contributed by atoms with Gasteiger partial charge in [-0.1, -0.05) is 36.4 Å². The largest absolute Gasteiger partial charge is 0.489 e. The van der Waals surface area contributed by atoms with Crippen LogP contribution in [0.25, 0.3) is 0 Å². The third-order valence-corrected chi connectivity index (χ3v) is 4.42. The van der Waals surface area contributed by atoms with Crippen molar-refractivity contribution in [1.29, 1.82) is 0 Å². The van der Waals surface area contributed by atoms with Crippen molar-refractivity contribution >= 4 is 11.8 Å². The zero-order valence-electron chi connectivity index (χ0n) is 17.7. The first kappa shape index (κ1) is 21.7. The molecule has 1 aromatic rings. The molecule has 0 saturated carbocycles. The molecule has 1 aliphatic rings. The van der Waals surface area contributed by atoms with Gasteiger partial charge in [0.15, 0.2) is 0 Å². The Morgan fingerprint density at radius 2 is 1.96 bits per heavy atom. The van der Waals surface area contributed by atoms with E-state index in [1.165, 1.54) is 5.56 Å². The van der Waals surface area contributed by atoms with E-state index >= 15 is 0 Å². The van der Waals surface area contributed by atoms with Gasteiger partial charge in [0.25, 0.3) is 0 Å². The van der Waals surface area contributed by atoms with Gasteiger partial charge in [-0.2, -0.15) is 0 Å². The summed E-state index contributed by atoms with van der Waals surface area (Å²) in [5, 5.41) is 0. The molecule has 1 saturated heterocycles. The van der Waals surface area contributed by atoms with Crippen LogP contribution < -0.4 is 0 Å². The molecule has 2 rings (SSSR count). The lowest BCUT2D eigenvalue weighted by Gasteiger charge is -2.33. The smallest absolute Gasteiger partial charge is 0.410 e. The van der Waals surface area contributed by atoms with E-state index in [9.17, 15) is 4.79 Å². The zero-order valence-corrected chi connectivity index (χ0v) is 17.7. The number of aliphatic imine (C=N–C) groups is 1. The molecule has 1 heterocycles. The molecule has 1 aliphatic heterocycles. The van der Waals surface area contributed by atoms with Crippen molar-refractivity contribution in [2.75, 3.05) is 13.1 Å². The summed E-state index contributed by atoms with van der Waals surface area (Å²) >= 11 is 0. The number of benzene rings is 1. The summed E-state index contributed by atoms with van der Waals surface area (Å²) < 4.78 is 11.5. The Bertz CT molecular complexity index is 751. The number of amides is 1. The van der Waals surface area contributed by atoms with E-state index in [-0.39, 0.29) is 12.2 Å². The van der Waals surface area contributed by atoms with Crippen molar-refractivity contribution in [3.8, 4) is 0 Å². The molecule has 0 atom stereocenters. The molecule has 152 valence electrons. The topological polar surface area (TPSA) is 51.1 Å². The molecular weight excluding hydrogens is 352 g/mol. The molecule has 0 radical (unpaired) electrons. The van der Waals surface area contributed by atoms with Gasteiger partial charge in [-0.15, -0.1) is 0 Å². The maximum atomic E-state index is 12.2. The van der Waals surface area contributed by atoms with Crippen LogP contribution in [-0.2, 0) is 9.47 Å². The van der Waals surface area contributed by atoms with Gasteiger partial charge < -0.3 is 14.4 Å². The van der Waals surface area contributed by atoms with Crippen molar-refractivity contribution in [2.45, 2.75) is 59.2 Å². The van der Waals surface area contributed by atoms with Gasteiger partial charge in [0.1, 0.15) is 17.5 Å². The van der Waals surface area contributed by atoms with Crippen molar-refractivity contribution in [1.82, 2.24) is 4.90 Å². The predicted molar refractivity (Wildman–Crippen MR) is 114 cm³/mol. The third-order valence-electron chi connectivity index (χ3n) is 4.42. The average molecular weight is 385 g/mol. The summed E-state index contributed by atoms with van der Waals surface area (Å²) in [4.78, 5) is 18.4. The molecule has 1 fully saturated rings. The summed E-state index contributed by atoms with van der Waals surface area (Å²) in [6, 6.07) is 8.24. The third kappa shape index (κ3) is 6.87. The number of piperidine rings is 1. The van der Waals surface area contributed by atoms with Gasteiger partial charge in [0.05, 0.1) is 6.20 Å². The second-order valence-electron chi connectivity index (χ2n) is 8.10. The van der Waals surface area contributed by atoms with Crippen LogP contribution in [0.1, 0.15) is 51.7 Å². The maximum Gasteiger partial charge on any atom is 0.410 e. The van der Waals surface area contributed by atoms with Crippen molar-refractivity contribution in [3.63, 3.8) is 0 Å². The Morgan fingerprint density at radius 1 is 1.29 bits per heavy atom. The summed E-state index contributed by atoms with van der Waals surface area (Å²) in [7, 11) is 0. The highest BCUT2D eigenvalue weighted by atomic mass is 16.6. The second kappa shape index (κ2) is 9.58. The minimum atomic E-state index is -0.476. The molecule has 5 heteroatoms. The molecule has 1 aromatic carbocycles. The Hall–Kier alpha value is -2.56. The quantitative estimate of drug-likeness (QED) is 0.396. The fourth-order valence-corrected chi connectivity index (χ4v) is 2.91. The number of hydrogen-bond acceptors (Lipinski definition) is 4. The molecule has 0 unspecified atom stereocenters. The Labute approximate surface area is 168 Å². The molecule has 0 spiro atoms. The summed E-state index contributed by atoms with van der Waals surface area (Å²) in [6.07, 6.45) is 4.68. The van der Waals surface area contributed by atoms with Crippen LogP contribution in [0.4, 0.5) is 4.79 Å². The molecule has 0 aromatic heterocycles. The van der Waals surface area contributed by atoms with Gasteiger partial charge in [-0.05, 0) is 46.3 Å². The summed E-state index contributed by atoms with van der Waals surface area (Å²) in [5.74, 6) is 0.641. The van der Waals surface area contributed by atoms with Crippen LogP contribution in [0.3, 0.4) is 0 Å². The Balaban J connectivity index is 1.91. The minimum absolute atomic E-state index is 0.0393. The van der Waals surface area contributed by atoms with Gasteiger partial charge >= 0.3 is 6.09 Å². The number of nitrogens with zero attached hydrogens (tertiary/aromatic N) is 2. The number of aryl methyl sites for hydroxylation is 1. The number of likely N-dealkylation sites (tertiary alicyclic amines) is 1. The highest BCUT2D eigenvalue weighted by molar-refractivity contribution is 5.99. The van der Waals surface area contributed by atoms with E-state index in [2.05, 4.69) is 30.6 Å². The molecule has 1 amide bonds. The van der Waals surface area contributed by atoms with Crippen LogP contribution in [0.5, 0.6) is 0 Å². The van der Waals surface area contributed by atoms with Crippen molar-refractivity contribution in [3.05, 3.63) is 60.0 Å². The van der Waals surface area contributed by atoms with E-state index < -0.39 is 5.60 Å². The zero-order chi connectivity index (χ0) is 20.7. The fourth-order valence-electron chi connectivity index (χ4n) is 2.91. The molecule has 0 N–H and O–H groups in total. The first-order valence-corrected chi connectivity index (χ1v) is 9.76. The fraction of sp³-hybridized carbons (Fsp3) is 0.478.